The summed E-state index contributed by atoms with van der Waals surface area (Å²) in [7, 11) is 0. The van der Waals surface area contributed by atoms with Gasteiger partial charge in [0.25, 0.3) is 5.69 Å². The van der Waals surface area contributed by atoms with Crippen LogP contribution in [0.25, 0.3) is 0 Å². The lowest BCUT2D eigenvalue weighted by atomic mass is 9.91. The van der Waals surface area contributed by atoms with E-state index < -0.39 is 0 Å². The van der Waals surface area contributed by atoms with Gasteiger partial charge in [0.15, 0.2) is 0 Å². The van der Waals surface area contributed by atoms with Gasteiger partial charge < -0.3 is 5.73 Å². The van der Waals surface area contributed by atoms with E-state index in [1.807, 2.05) is 6.07 Å². The minimum absolute atomic E-state index is 0.0172. The molecule has 0 spiro atoms. The second-order valence-electron chi connectivity index (χ2n) is 4.95. The van der Waals surface area contributed by atoms with Gasteiger partial charge in [0.1, 0.15) is 0 Å². The lowest BCUT2D eigenvalue weighted by molar-refractivity contribution is -0.385. The van der Waals surface area contributed by atoms with Crippen LogP contribution in [0.5, 0.6) is 0 Å². The Balaban J connectivity index is 2.09. The second-order valence-corrected chi connectivity index (χ2v) is 4.95. The summed E-state index contributed by atoms with van der Waals surface area (Å²) in [6.07, 6.45) is 3.10. The summed E-state index contributed by atoms with van der Waals surface area (Å²) in [4.78, 5) is 10.6. The molecule has 1 saturated carbocycles. The molecule has 1 aromatic carbocycles. The molecule has 0 saturated heterocycles. The topological polar surface area (TPSA) is 69.2 Å². The highest BCUT2D eigenvalue weighted by molar-refractivity contribution is 5.40. The predicted molar refractivity (Wildman–Crippen MR) is 66.7 cm³/mol. The number of para-hydroxylation sites is 1. The van der Waals surface area contributed by atoms with Gasteiger partial charge in [0.05, 0.1) is 4.92 Å². The molecular formula is C13H18N2O2. The van der Waals surface area contributed by atoms with Gasteiger partial charge in [-0.1, -0.05) is 25.1 Å². The van der Waals surface area contributed by atoms with Crippen molar-refractivity contribution in [2.75, 3.05) is 0 Å². The van der Waals surface area contributed by atoms with Gasteiger partial charge in [-0.05, 0) is 31.1 Å². The first kappa shape index (κ1) is 12.0. The summed E-state index contributed by atoms with van der Waals surface area (Å²) in [5, 5.41) is 10.9. The molecule has 1 aliphatic carbocycles. The average molecular weight is 234 g/mol. The van der Waals surface area contributed by atoms with E-state index in [0.717, 1.165) is 11.5 Å². The van der Waals surface area contributed by atoms with Crippen molar-refractivity contribution in [1.29, 1.82) is 0 Å². The van der Waals surface area contributed by atoms with Gasteiger partial charge in [-0.25, -0.2) is 0 Å². The van der Waals surface area contributed by atoms with Gasteiger partial charge in [-0.2, -0.15) is 0 Å². The number of nitrogens with two attached hydrogens (primary N) is 1. The molecule has 0 bridgehead atoms. The molecule has 1 aliphatic rings. The fourth-order valence-electron chi connectivity index (χ4n) is 2.27. The smallest absolute Gasteiger partial charge is 0.272 e. The minimum Gasteiger partial charge on any atom is -0.327 e. The Morgan fingerprint density at radius 3 is 2.71 bits per heavy atom. The average Bonchev–Trinajstić information content (AvgIpc) is 3.12. The second kappa shape index (κ2) is 4.84. The zero-order valence-corrected chi connectivity index (χ0v) is 10.0. The van der Waals surface area contributed by atoms with E-state index in [9.17, 15) is 10.1 Å². The molecule has 92 valence electrons. The van der Waals surface area contributed by atoms with E-state index in [-0.39, 0.29) is 16.7 Å². The summed E-state index contributed by atoms with van der Waals surface area (Å²) in [5.74, 6) is 1.18. The summed E-state index contributed by atoms with van der Waals surface area (Å²) >= 11 is 0. The first-order valence-electron chi connectivity index (χ1n) is 6.07. The molecule has 0 amide bonds. The van der Waals surface area contributed by atoms with Crippen molar-refractivity contribution in [2.24, 2.45) is 17.6 Å². The molecule has 2 unspecified atom stereocenters. The highest BCUT2D eigenvalue weighted by Gasteiger charge is 2.32. The number of benzene rings is 1. The van der Waals surface area contributed by atoms with Crippen LogP contribution in [0.2, 0.25) is 0 Å². The monoisotopic (exact) mass is 234 g/mol. The molecule has 2 N–H and O–H groups in total. The van der Waals surface area contributed by atoms with Crippen molar-refractivity contribution in [3.63, 3.8) is 0 Å². The molecule has 0 aliphatic heterocycles. The Bertz CT molecular complexity index is 416. The van der Waals surface area contributed by atoms with Crippen molar-refractivity contribution in [3.8, 4) is 0 Å². The van der Waals surface area contributed by atoms with Gasteiger partial charge in [-0.15, -0.1) is 0 Å². The standard InChI is InChI=1S/C13H18N2O2/c1-9(10-6-7-10)12(14)8-11-4-2-3-5-13(11)15(16)17/h2-5,9-10,12H,6-8,14H2,1H3. The van der Waals surface area contributed by atoms with E-state index in [1.165, 1.54) is 12.8 Å². The molecule has 0 aromatic heterocycles. The van der Waals surface area contributed by atoms with Crippen LogP contribution in [0.15, 0.2) is 24.3 Å². The van der Waals surface area contributed by atoms with E-state index >= 15 is 0 Å². The quantitative estimate of drug-likeness (QED) is 0.628. The van der Waals surface area contributed by atoms with E-state index in [1.54, 1.807) is 18.2 Å². The maximum absolute atomic E-state index is 10.9. The number of nitro benzene ring substituents is 1. The molecule has 0 heterocycles. The Hall–Kier alpha value is -1.42. The Morgan fingerprint density at radius 2 is 2.12 bits per heavy atom. The van der Waals surface area contributed by atoms with Crippen molar-refractivity contribution in [1.82, 2.24) is 0 Å². The van der Waals surface area contributed by atoms with Gasteiger partial charge >= 0.3 is 0 Å². The number of hydrogen-bond donors (Lipinski definition) is 1. The van der Waals surface area contributed by atoms with E-state index in [4.69, 9.17) is 5.73 Å². The Kier molecular flexibility index (Phi) is 3.43. The molecule has 1 fully saturated rings. The van der Waals surface area contributed by atoms with Crippen LogP contribution in [-0.4, -0.2) is 11.0 Å². The SMILES string of the molecule is CC(C(N)Cc1ccccc1[N+](=O)[O-])C1CC1. The van der Waals surface area contributed by atoms with Crippen LogP contribution in [0, 0.1) is 22.0 Å². The third kappa shape index (κ3) is 2.82. The van der Waals surface area contributed by atoms with Gasteiger partial charge in [0, 0.05) is 17.7 Å². The van der Waals surface area contributed by atoms with Crippen LogP contribution in [0.3, 0.4) is 0 Å². The van der Waals surface area contributed by atoms with Gasteiger partial charge in [0.2, 0.25) is 0 Å². The molecule has 0 radical (unpaired) electrons. The van der Waals surface area contributed by atoms with Crippen molar-refractivity contribution in [3.05, 3.63) is 39.9 Å². The number of nitro groups is 1. The van der Waals surface area contributed by atoms with Crippen molar-refractivity contribution in [2.45, 2.75) is 32.2 Å². The fraction of sp³-hybridized carbons (Fsp3) is 0.538. The third-order valence-corrected chi connectivity index (χ3v) is 3.68. The van der Waals surface area contributed by atoms with Crippen LogP contribution < -0.4 is 5.73 Å². The Morgan fingerprint density at radius 1 is 1.47 bits per heavy atom. The summed E-state index contributed by atoms with van der Waals surface area (Å²) in [5.41, 5.74) is 7.07. The number of hydrogen-bond acceptors (Lipinski definition) is 3. The zero-order valence-electron chi connectivity index (χ0n) is 10.0. The normalized spacial score (nSPS) is 18.7. The van der Waals surface area contributed by atoms with Crippen LogP contribution in [-0.2, 0) is 6.42 Å². The molecule has 4 heteroatoms. The number of nitrogens with zero attached hydrogens (tertiary/aromatic N) is 1. The highest BCUT2D eigenvalue weighted by atomic mass is 16.6. The fourth-order valence-corrected chi connectivity index (χ4v) is 2.27. The van der Waals surface area contributed by atoms with E-state index in [2.05, 4.69) is 6.92 Å². The minimum atomic E-state index is -0.330. The van der Waals surface area contributed by atoms with Gasteiger partial charge in [-0.3, -0.25) is 10.1 Å². The maximum atomic E-state index is 10.9. The molecule has 2 rings (SSSR count). The highest BCUT2D eigenvalue weighted by Crippen LogP contribution is 2.38. The summed E-state index contributed by atoms with van der Waals surface area (Å²) in [6.45, 7) is 2.15. The first-order valence-corrected chi connectivity index (χ1v) is 6.07. The largest absolute Gasteiger partial charge is 0.327 e. The van der Waals surface area contributed by atoms with Crippen molar-refractivity contribution >= 4 is 5.69 Å². The lowest BCUT2D eigenvalue weighted by Crippen LogP contribution is -2.32. The molecule has 2 atom stereocenters. The predicted octanol–water partition coefficient (Wildman–Crippen LogP) is 2.51. The van der Waals surface area contributed by atoms with Crippen molar-refractivity contribution < 1.29 is 4.92 Å². The van der Waals surface area contributed by atoms with E-state index in [0.29, 0.717) is 12.3 Å². The van der Waals surface area contributed by atoms with Crippen LogP contribution >= 0.6 is 0 Å². The molecule has 17 heavy (non-hydrogen) atoms. The Labute approximate surface area is 101 Å². The lowest BCUT2D eigenvalue weighted by Gasteiger charge is -2.19. The zero-order chi connectivity index (χ0) is 12.4. The molecule has 1 aromatic rings. The van der Waals surface area contributed by atoms with Crippen LogP contribution in [0.1, 0.15) is 25.3 Å². The van der Waals surface area contributed by atoms with Crippen LogP contribution in [0.4, 0.5) is 5.69 Å². The summed E-state index contributed by atoms with van der Waals surface area (Å²) in [6, 6.07) is 6.89. The number of rotatable bonds is 5. The molecular weight excluding hydrogens is 216 g/mol. The molecule has 4 nitrogen and oxygen atoms in total. The summed E-state index contributed by atoms with van der Waals surface area (Å²) < 4.78 is 0. The third-order valence-electron chi connectivity index (χ3n) is 3.68. The first-order chi connectivity index (χ1) is 8.09. The maximum Gasteiger partial charge on any atom is 0.272 e.